The Morgan fingerprint density at radius 3 is 2.60 bits per heavy atom. The van der Waals surface area contributed by atoms with Gasteiger partial charge in [0.25, 0.3) is 0 Å². The largest absolute Gasteiger partial charge is 0.481 e. The maximum absolute atomic E-state index is 12.8. The van der Waals surface area contributed by atoms with Crippen molar-refractivity contribution in [2.24, 2.45) is 5.92 Å². The Balaban J connectivity index is 2.98. The van der Waals surface area contributed by atoms with E-state index in [0.717, 1.165) is 18.9 Å². The van der Waals surface area contributed by atoms with Gasteiger partial charge >= 0.3 is 17.9 Å². The summed E-state index contributed by atoms with van der Waals surface area (Å²) in [7, 11) is 0. The molecule has 7 nitrogen and oxygen atoms in total. The summed E-state index contributed by atoms with van der Waals surface area (Å²) in [6.07, 6.45) is 3.69. The van der Waals surface area contributed by atoms with Gasteiger partial charge < -0.3 is 19.3 Å². The zero-order valence-electron chi connectivity index (χ0n) is 15.0. The lowest BCUT2D eigenvalue weighted by atomic mass is 9.81. The molecule has 0 aromatic heterocycles. The Labute approximate surface area is 148 Å². The van der Waals surface area contributed by atoms with Gasteiger partial charge in [-0.25, -0.2) is 9.59 Å². The maximum atomic E-state index is 12.8. The summed E-state index contributed by atoms with van der Waals surface area (Å²) >= 11 is 0. The number of aliphatic carboxylic acids is 1. The summed E-state index contributed by atoms with van der Waals surface area (Å²) in [6.45, 7) is 7.75. The fraction of sp³-hybridized carbons (Fsp3) is 0.722. The fourth-order valence-corrected chi connectivity index (χ4v) is 2.63. The predicted octanol–water partition coefficient (Wildman–Crippen LogP) is 2.48. The van der Waals surface area contributed by atoms with Crippen LogP contribution in [0.5, 0.6) is 0 Å². The number of epoxide rings is 1. The first-order valence-corrected chi connectivity index (χ1v) is 8.71. The number of ether oxygens (including phenoxy) is 3. The second-order valence-electron chi connectivity index (χ2n) is 6.36. The minimum Gasteiger partial charge on any atom is -0.481 e. The number of carboxylic acids is 1. The quantitative estimate of drug-likeness (QED) is 0.234. The molecule has 7 heteroatoms. The number of carboxylic acid groups (broad SMARTS) is 1. The molecular weight excluding hydrogens is 328 g/mol. The molecule has 0 aliphatic carbocycles. The Morgan fingerprint density at radius 2 is 2.08 bits per heavy atom. The van der Waals surface area contributed by atoms with Gasteiger partial charge in [-0.1, -0.05) is 33.3 Å². The molecule has 0 bridgehead atoms. The number of esters is 2. The van der Waals surface area contributed by atoms with E-state index in [0.29, 0.717) is 13.0 Å². The first-order valence-electron chi connectivity index (χ1n) is 8.71. The zero-order chi connectivity index (χ0) is 18.9. The predicted molar refractivity (Wildman–Crippen MR) is 89.9 cm³/mol. The molecule has 1 saturated heterocycles. The van der Waals surface area contributed by atoms with Crippen molar-refractivity contribution < 1.29 is 33.7 Å². The summed E-state index contributed by atoms with van der Waals surface area (Å²) in [6, 6.07) is 0. The van der Waals surface area contributed by atoms with Crippen molar-refractivity contribution in [2.75, 3.05) is 13.2 Å². The highest BCUT2D eigenvalue weighted by atomic mass is 16.6. The molecule has 1 heterocycles. The highest BCUT2D eigenvalue weighted by Crippen LogP contribution is 2.34. The molecule has 1 N–H and O–H groups in total. The molecule has 25 heavy (non-hydrogen) atoms. The van der Waals surface area contributed by atoms with Crippen LogP contribution in [0, 0.1) is 5.92 Å². The topological polar surface area (TPSA) is 102 Å². The van der Waals surface area contributed by atoms with Crippen LogP contribution < -0.4 is 0 Å². The van der Waals surface area contributed by atoms with Crippen LogP contribution >= 0.6 is 0 Å². The van der Waals surface area contributed by atoms with Crippen LogP contribution in [0.25, 0.3) is 0 Å². The van der Waals surface area contributed by atoms with E-state index in [1.807, 2.05) is 6.92 Å². The van der Waals surface area contributed by atoms with E-state index < -0.39 is 29.4 Å². The number of carbonyl (C=O) groups excluding carboxylic acids is 2. The van der Waals surface area contributed by atoms with E-state index in [-0.39, 0.29) is 32.0 Å². The maximum Gasteiger partial charge on any atom is 0.351 e. The van der Waals surface area contributed by atoms with Gasteiger partial charge in [0.15, 0.2) is 0 Å². The summed E-state index contributed by atoms with van der Waals surface area (Å²) in [4.78, 5) is 35.6. The number of hydrogen-bond donors (Lipinski definition) is 1. The van der Waals surface area contributed by atoms with Gasteiger partial charge in [0.05, 0.1) is 6.61 Å². The van der Waals surface area contributed by atoms with Crippen LogP contribution in [0.3, 0.4) is 0 Å². The van der Waals surface area contributed by atoms with Crippen molar-refractivity contribution in [3.8, 4) is 0 Å². The van der Waals surface area contributed by atoms with Crippen LogP contribution in [0.2, 0.25) is 0 Å². The van der Waals surface area contributed by atoms with E-state index in [1.54, 1.807) is 6.92 Å². The Bertz CT molecular complexity index is 484. The zero-order valence-corrected chi connectivity index (χ0v) is 15.0. The second kappa shape index (κ2) is 10.2. The Kier molecular flexibility index (Phi) is 8.61. The molecule has 1 aliphatic rings. The molecule has 0 aromatic rings. The molecular formula is C18H28O7. The van der Waals surface area contributed by atoms with Gasteiger partial charge in [-0.3, -0.25) is 4.79 Å². The number of unbranched alkanes of at least 4 members (excludes halogenated alkanes) is 2. The van der Waals surface area contributed by atoms with Gasteiger partial charge in [0.1, 0.15) is 12.7 Å². The van der Waals surface area contributed by atoms with Crippen LogP contribution in [0.1, 0.15) is 52.4 Å². The molecule has 0 saturated carbocycles. The van der Waals surface area contributed by atoms with Crippen molar-refractivity contribution in [1.82, 2.24) is 0 Å². The monoisotopic (exact) mass is 356 g/mol. The normalized spacial score (nSPS) is 19.4. The van der Waals surface area contributed by atoms with E-state index in [4.69, 9.17) is 19.3 Å². The molecule has 1 rings (SSSR count). The molecule has 1 aliphatic heterocycles. The summed E-state index contributed by atoms with van der Waals surface area (Å²) < 4.78 is 15.8. The molecule has 0 spiro atoms. The first kappa shape index (κ1) is 21.2. The summed E-state index contributed by atoms with van der Waals surface area (Å²) in [5, 5.41) is 8.94. The first-order chi connectivity index (χ1) is 11.9. The van der Waals surface area contributed by atoms with Crippen molar-refractivity contribution in [3.63, 3.8) is 0 Å². The van der Waals surface area contributed by atoms with Gasteiger partial charge in [-0.2, -0.15) is 0 Å². The Hall–Kier alpha value is -1.89. The van der Waals surface area contributed by atoms with Crippen LogP contribution in [0.4, 0.5) is 0 Å². The van der Waals surface area contributed by atoms with Gasteiger partial charge in [-0.05, 0) is 19.3 Å². The van der Waals surface area contributed by atoms with Crippen molar-refractivity contribution in [3.05, 3.63) is 12.7 Å². The lowest BCUT2D eigenvalue weighted by Gasteiger charge is -2.36. The highest BCUT2D eigenvalue weighted by molar-refractivity contribution is 5.88. The molecule has 0 radical (unpaired) electrons. The van der Waals surface area contributed by atoms with Gasteiger partial charge in [-0.15, -0.1) is 0 Å². The average molecular weight is 356 g/mol. The van der Waals surface area contributed by atoms with Crippen molar-refractivity contribution in [1.29, 1.82) is 0 Å². The van der Waals surface area contributed by atoms with Gasteiger partial charge in [0.2, 0.25) is 5.60 Å². The van der Waals surface area contributed by atoms with Crippen molar-refractivity contribution >= 4 is 17.9 Å². The smallest absolute Gasteiger partial charge is 0.351 e. The lowest BCUT2D eigenvalue weighted by molar-refractivity contribution is -0.189. The third-order valence-electron chi connectivity index (χ3n) is 4.34. The van der Waals surface area contributed by atoms with E-state index in [1.165, 1.54) is 0 Å². The van der Waals surface area contributed by atoms with E-state index in [9.17, 15) is 14.4 Å². The van der Waals surface area contributed by atoms with Crippen LogP contribution in [-0.4, -0.2) is 47.9 Å². The standard InChI is InChI=1S/C18H28O7/c1-4-6-7-10-18(25-16(21)5-2,13(3)8-9-15(19)20)17(22)24-12-14-11-23-14/h5,13-14H,2,4,6-12H2,1,3H3,(H,19,20). The van der Waals surface area contributed by atoms with Crippen LogP contribution in [-0.2, 0) is 28.6 Å². The Morgan fingerprint density at radius 1 is 1.40 bits per heavy atom. The number of rotatable bonds is 13. The van der Waals surface area contributed by atoms with Crippen molar-refractivity contribution in [2.45, 2.75) is 64.1 Å². The number of hydrogen-bond acceptors (Lipinski definition) is 6. The molecule has 0 amide bonds. The average Bonchev–Trinajstić information content (AvgIpc) is 3.40. The third kappa shape index (κ3) is 6.86. The minimum absolute atomic E-state index is 0.103. The second-order valence-corrected chi connectivity index (χ2v) is 6.36. The SMILES string of the molecule is C=CC(=O)OC(CCCCC)(C(=O)OCC1CO1)C(C)CCC(=O)O. The molecule has 0 aromatic carbocycles. The molecule has 142 valence electrons. The molecule has 1 fully saturated rings. The minimum atomic E-state index is -1.51. The van der Waals surface area contributed by atoms with E-state index in [2.05, 4.69) is 6.58 Å². The molecule has 3 unspecified atom stereocenters. The third-order valence-corrected chi connectivity index (χ3v) is 4.34. The molecule has 3 atom stereocenters. The van der Waals surface area contributed by atoms with E-state index >= 15 is 0 Å². The van der Waals surface area contributed by atoms with Crippen LogP contribution in [0.15, 0.2) is 12.7 Å². The number of carbonyl (C=O) groups is 3. The summed E-state index contributed by atoms with van der Waals surface area (Å²) in [5.41, 5.74) is -1.51. The van der Waals surface area contributed by atoms with Gasteiger partial charge in [0, 0.05) is 18.4 Å². The highest BCUT2D eigenvalue weighted by Gasteiger charge is 2.48. The fourth-order valence-electron chi connectivity index (χ4n) is 2.63. The lowest BCUT2D eigenvalue weighted by Crippen LogP contribution is -2.50. The summed E-state index contributed by atoms with van der Waals surface area (Å²) in [5.74, 6) is -2.84.